The molecule has 0 unspecified atom stereocenters. The van der Waals surface area contributed by atoms with Crippen LogP contribution in [-0.4, -0.2) is 28.3 Å². The Morgan fingerprint density at radius 2 is 1.89 bits per heavy atom. The van der Waals surface area contributed by atoms with E-state index in [9.17, 15) is 9.59 Å². The number of aromatic nitrogens is 2. The van der Waals surface area contributed by atoms with E-state index in [1.165, 1.54) is 27.8 Å². The first kappa shape index (κ1) is 23.6. The zero-order valence-electron chi connectivity index (χ0n) is 19.6. The van der Waals surface area contributed by atoms with Gasteiger partial charge in [-0.05, 0) is 67.5 Å². The van der Waals surface area contributed by atoms with Gasteiger partial charge in [-0.2, -0.15) is 0 Å². The summed E-state index contributed by atoms with van der Waals surface area (Å²) in [5.74, 6) is 0.756. The Balaban J connectivity index is 1.40. The molecule has 8 heteroatoms. The van der Waals surface area contributed by atoms with Gasteiger partial charge in [0.05, 0.1) is 18.2 Å². The second kappa shape index (κ2) is 10.7. The number of rotatable bonds is 8. The molecule has 1 aliphatic rings. The average Bonchev–Trinajstić information content (AvgIpc) is 3.27. The van der Waals surface area contributed by atoms with Gasteiger partial charge in [0.1, 0.15) is 10.6 Å². The minimum absolute atomic E-state index is 0.0170. The molecule has 0 saturated carbocycles. The zero-order chi connectivity index (χ0) is 24.2. The number of amides is 1. The summed E-state index contributed by atoms with van der Waals surface area (Å²) < 4.78 is 6.93. The van der Waals surface area contributed by atoms with Crippen molar-refractivity contribution in [2.24, 2.45) is 0 Å². The molecule has 0 fully saturated rings. The lowest BCUT2D eigenvalue weighted by Gasteiger charge is -2.14. The third-order valence-electron chi connectivity index (χ3n) is 6.21. The van der Waals surface area contributed by atoms with E-state index in [2.05, 4.69) is 17.4 Å². The summed E-state index contributed by atoms with van der Waals surface area (Å²) in [7, 11) is 1.61. The number of hydrogen-bond acceptors (Lipinski definition) is 6. The smallest absolute Gasteiger partial charge is 0.263 e. The Bertz CT molecular complexity index is 1400. The standard InChI is InChI=1S/C27H27N3O3S2/c1-33-20-13-11-19(12-14-20)28-23(31)17-34-27-29-25-24(21-9-5-6-10-22(21)35-25)26(32)30(27)16-15-18-7-3-2-4-8-18/h2-4,7-8,11-14H,5-6,9-10,15-17H2,1H3,(H,28,31). The molecule has 0 atom stereocenters. The number of aryl methyl sites for hydroxylation is 3. The lowest BCUT2D eigenvalue weighted by molar-refractivity contribution is -0.113. The molecule has 2 aromatic carbocycles. The maximum Gasteiger partial charge on any atom is 0.263 e. The number of nitrogens with one attached hydrogen (secondary N) is 1. The summed E-state index contributed by atoms with van der Waals surface area (Å²) >= 11 is 2.96. The Labute approximate surface area is 212 Å². The first-order chi connectivity index (χ1) is 17.1. The first-order valence-electron chi connectivity index (χ1n) is 11.8. The minimum atomic E-state index is -0.144. The molecule has 0 saturated heterocycles. The van der Waals surface area contributed by atoms with Crippen molar-refractivity contribution < 1.29 is 9.53 Å². The van der Waals surface area contributed by atoms with Crippen LogP contribution in [0, 0.1) is 0 Å². The predicted octanol–water partition coefficient (Wildman–Crippen LogP) is 5.32. The quantitative estimate of drug-likeness (QED) is 0.259. The van der Waals surface area contributed by atoms with Crippen LogP contribution >= 0.6 is 23.1 Å². The molecular weight excluding hydrogens is 478 g/mol. The Morgan fingerprint density at radius 1 is 1.11 bits per heavy atom. The third-order valence-corrected chi connectivity index (χ3v) is 8.37. The summed E-state index contributed by atoms with van der Waals surface area (Å²) in [4.78, 5) is 33.4. The van der Waals surface area contributed by atoms with Gasteiger partial charge < -0.3 is 10.1 Å². The van der Waals surface area contributed by atoms with E-state index in [4.69, 9.17) is 9.72 Å². The third kappa shape index (κ3) is 5.28. The monoisotopic (exact) mass is 505 g/mol. The highest BCUT2D eigenvalue weighted by Crippen LogP contribution is 2.34. The van der Waals surface area contributed by atoms with Crippen LogP contribution in [0.3, 0.4) is 0 Å². The summed E-state index contributed by atoms with van der Waals surface area (Å²) in [6.07, 6.45) is 4.97. The fourth-order valence-corrected chi connectivity index (χ4v) is 6.54. The number of carbonyl (C=O) groups excluding carboxylic acids is 1. The number of thiophene rings is 1. The van der Waals surface area contributed by atoms with Gasteiger partial charge in [-0.15, -0.1) is 11.3 Å². The average molecular weight is 506 g/mol. The lowest BCUT2D eigenvalue weighted by Crippen LogP contribution is -2.25. The molecule has 35 heavy (non-hydrogen) atoms. The molecule has 2 heterocycles. The van der Waals surface area contributed by atoms with Crippen LogP contribution in [0.25, 0.3) is 10.2 Å². The lowest BCUT2D eigenvalue weighted by atomic mass is 9.97. The van der Waals surface area contributed by atoms with Gasteiger partial charge in [-0.3, -0.25) is 14.2 Å². The van der Waals surface area contributed by atoms with E-state index in [1.807, 2.05) is 18.2 Å². The molecule has 0 radical (unpaired) electrons. The van der Waals surface area contributed by atoms with Crippen molar-refractivity contribution in [1.29, 1.82) is 0 Å². The molecule has 180 valence electrons. The van der Waals surface area contributed by atoms with Crippen molar-refractivity contribution in [2.75, 3.05) is 18.2 Å². The van der Waals surface area contributed by atoms with Gasteiger partial charge in [-0.25, -0.2) is 4.98 Å². The topological polar surface area (TPSA) is 73.2 Å². The molecular formula is C27H27N3O3S2. The largest absolute Gasteiger partial charge is 0.497 e. The fraction of sp³-hybridized carbons (Fsp3) is 0.296. The van der Waals surface area contributed by atoms with E-state index < -0.39 is 0 Å². The number of benzene rings is 2. The first-order valence-corrected chi connectivity index (χ1v) is 13.6. The van der Waals surface area contributed by atoms with Crippen molar-refractivity contribution in [2.45, 2.75) is 43.8 Å². The number of carbonyl (C=O) groups is 1. The predicted molar refractivity (Wildman–Crippen MR) is 143 cm³/mol. The number of fused-ring (bicyclic) bond motifs is 3. The van der Waals surface area contributed by atoms with Gasteiger partial charge in [0.25, 0.3) is 5.56 Å². The molecule has 0 bridgehead atoms. The molecule has 1 N–H and O–H groups in total. The molecule has 4 aromatic rings. The zero-order valence-corrected chi connectivity index (χ0v) is 21.2. The minimum Gasteiger partial charge on any atom is -0.497 e. The Morgan fingerprint density at radius 3 is 2.66 bits per heavy atom. The highest BCUT2D eigenvalue weighted by Gasteiger charge is 2.22. The van der Waals surface area contributed by atoms with Crippen molar-refractivity contribution in [1.82, 2.24) is 9.55 Å². The van der Waals surface area contributed by atoms with E-state index in [0.717, 1.165) is 48.1 Å². The number of nitrogens with zero attached hydrogens (tertiary/aromatic N) is 2. The second-order valence-electron chi connectivity index (χ2n) is 8.54. The van der Waals surface area contributed by atoms with Crippen LogP contribution in [0.5, 0.6) is 5.75 Å². The van der Waals surface area contributed by atoms with E-state index in [-0.39, 0.29) is 17.2 Å². The maximum atomic E-state index is 13.7. The summed E-state index contributed by atoms with van der Waals surface area (Å²) in [6.45, 7) is 0.527. The summed E-state index contributed by atoms with van der Waals surface area (Å²) in [5, 5.41) is 4.29. The van der Waals surface area contributed by atoms with Crippen molar-refractivity contribution in [3.05, 3.63) is 81.0 Å². The van der Waals surface area contributed by atoms with Crippen molar-refractivity contribution >= 4 is 44.9 Å². The molecule has 0 aliphatic heterocycles. The maximum absolute atomic E-state index is 13.7. The van der Waals surface area contributed by atoms with Crippen LogP contribution in [0.4, 0.5) is 5.69 Å². The molecule has 1 amide bonds. The van der Waals surface area contributed by atoms with Gasteiger partial charge in [0.15, 0.2) is 5.16 Å². The summed E-state index contributed by atoms with van der Waals surface area (Å²) in [6, 6.07) is 17.4. The van der Waals surface area contributed by atoms with Crippen LogP contribution < -0.4 is 15.6 Å². The molecule has 5 rings (SSSR count). The van der Waals surface area contributed by atoms with Crippen LogP contribution in [0.2, 0.25) is 0 Å². The van der Waals surface area contributed by atoms with Gasteiger partial charge in [0, 0.05) is 17.1 Å². The normalized spacial score (nSPS) is 12.9. The molecule has 1 aliphatic carbocycles. The van der Waals surface area contributed by atoms with Crippen LogP contribution in [-0.2, 0) is 30.6 Å². The summed E-state index contributed by atoms with van der Waals surface area (Å²) in [5.41, 5.74) is 3.08. The molecule has 2 aromatic heterocycles. The number of ether oxygens (including phenoxy) is 1. The molecule has 0 spiro atoms. The number of methoxy groups -OCH3 is 1. The van der Waals surface area contributed by atoms with Crippen molar-refractivity contribution in [3.63, 3.8) is 0 Å². The Kier molecular flexibility index (Phi) is 7.20. The van der Waals surface area contributed by atoms with Gasteiger partial charge in [0.2, 0.25) is 5.91 Å². The fourth-order valence-electron chi connectivity index (χ4n) is 4.41. The number of hydrogen-bond donors (Lipinski definition) is 1. The van der Waals surface area contributed by atoms with Crippen molar-refractivity contribution in [3.8, 4) is 5.75 Å². The molecule has 6 nitrogen and oxygen atoms in total. The van der Waals surface area contributed by atoms with Crippen LogP contribution in [0.1, 0.15) is 28.8 Å². The highest BCUT2D eigenvalue weighted by molar-refractivity contribution is 7.99. The SMILES string of the molecule is COc1ccc(NC(=O)CSc2nc3sc4c(c3c(=O)n2CCc2ccccc2)CCCC4)cc1. The Hall–Kier alpha value is -3.10. The number of anilines is 1. The van der Waals surface area contributed by atoms with Gasteiger partial charge >= 0.3 is 0 Å². The van der Waals surface area contributed by atoms with Gasteiger partial charge in [-0.1, -0.05) is 42.1 Å². The second-order valence-corrected chi connectivity index (χ2v) is 10.6. The van der Waals surface area contributed by atoms with E-state index >= 15 is 0 Å². The number of thioether (sulfide) groups is 1. The highest BCUT2D eigenvalue weighted by atomic mass is 32.2. The van der Waals surface area contributed by atoms with E-state index in [1.54, 1.807) is 47.3 Å². The van der Waals surface area contributed by atoms with E-state index in [0.29, 0.717) is 17.4 Å². The van der Waals surface area contributed by atoms with Crippen LogP contribution in [0.15, 0.2) is 64.5 Å².